The van der Waals surface area contributed by atoms with Gasteiger partial charge in [-0.05, 0) is 18.6 Å². The molecule has 0 aliphatic carbocycles. The zero-order chi connectivity index (χ0) is 20.8. The number of hydrogen-bond donors (Lipinski definition) is 1. The minimum atomic E-state index is -0.428. The lowest BCUT2D eigenvalue weighted by atomic mass is 10.2. The Bertz CT molecular complexity index is 836. The summed E-state index contributed by atoms with van der Waals surface area (Å²) in [6, 6.07) is 3.56. The van der Waals surface area contributed by atoms with Crippen molar-refractivity contribution in [3.8, 4) is 0 Å². The maximum atomic E-state index is 14.0. The van der Waals surface area contributed by atoms with Gasteiger partial charge in [-0.1, -0.05) is 19.0 Å². The summed E-state index contributed by atoms with van der Waals surface area (Å²) in [5, 5.41) is 7.32. The molecule has 1 saturated heterocycles. The number of piperazine rings is 1. The van der Waals surface area contributed by atoms with Crippen molar-refractivity contribution >= 4 is 35.6 Å². The van der Waals surface area contributed by atoms with Gasteiger partial charge < -0.3 is 19.6 Å². The number of aliphatic imine (C=N–C) groups is 1. The quantitative estimate of drug-likeness (QED) is 0.265. The van der Waals surface area contributed by atoms with Gasteiger partial charge in [0.15, 0.2) is 11.8 Å². The molecule has 0 spiro atoms. The number of nitrogens with one attached hydrogen (secondary N) is 1. The molecule has 0 bridgehead atoms. The highest BCUT2D eigenvalue weighted by atomic mass is 127. The predicted octanol–water partition coefficient (Wildman–Crippen LogP) is 3.42. The van der Waals surface area contributed by atoms with Crippen molar-refractivity contribution < 1.29 is 13.3 Å². The number of hydrogen-bond acceptors (Lipinski definition) is 5. The molecule has 30 heavy (non-hydrogen) atoms. The van der Waals surface area contributed by atoms with Gasteiger partial charge in [-0.3, -0.25) is 4.99 Å². The average Bonchev–Trinajstić information content (AvgIpc) is 3.19. The molecule has 1 N–H and O–H groups in total. The van der Waals surface area contributed by atoms with Crippen LogP contribution in [0.2, 0.25) is 0 Å². The Balaban J connectivity index is 0.00000320. The Morgan fingerprint density at radius 3 is 2.60 bits per heavy atom. The van der Waals surface area contributed by atoms with E-state index in [0.29, 0.717) is 44.2 Å². The number of anilines is 1. The average molecular weight is 534 g/mol. The minimum absolute atomic E-state index is 0. The number of aromatic nitrogens is 2. The molecule has 0 atom stereocenters. The largest absolute Gasteiger partial charge is 0.366 e. The van der Waals surface area contributed by atoms with Crippen LogP contribution in [0.1, 0.15) is 37.9 Å². The van der Waals surface area contributed by atoms with Crippen LogP contribution in [0.5, 0.6) is 0 Å². The number of halogens is 3. The van der Waals surface area contributed by atoms with Crippen molar-refractivity contribution in [2.45, 2.75) is 32.6 Å². The molecule has 0 amide bonds. The van der Waals surface area contributed by atoms with Gasteiger partial charge >= 0.3 is 0 Å². The van der Waals surface area contributed by atoms with Crippen molar-refractivity contribution in [3.05, 3.63) is 41.5 Å². The lowest BCUT2D eigenvalue weighted by Crippen LogP contribution is -2.52. The van der Waals surface area contributed by atoms with E-state index < -0.39 is 11.6 Å². The van der Waals surface area contributed by atoms with Gasteiger partial charge in [-0.25, -0.2) is 8.78 Å². The molecule has 0 saturated carbocycles. The monoisotopic (exact) mass is 534 g/mol. The highest BCUT2D eigenvalue weighted by Crippen LogP contribution is 2.22. The topological polar surface area (TPSA) is 69.8 Å². The number of rotatable bonds is 6. The maximum absolute atomic E-state index is 14.0. The van der Waals surface area contributed by atoms with Crippen LogP contribution in [-0.2, 0) is 6.42 Å². The molecule has 166 valence electrons. The van der Waals surface area contributed by atoms with Crippen LogP contribution < -0.4 is 10.2 Å². The summed E-state index contributed by atoms with van der Waals surface area (Å²) < 4.78 is 32.7. The molecule has 1 aromatic carbocycles. The second-order valence-corrected chi connectivity index (χ2v) is 7.35. The predicted molar refractivity (Wildman–Crippen MR) is 124 cm³/mol. The standard InChI is InChI=1S/C20H28F2N6O.HI/c1-14(2)19-25-18(29-26-19)5-4-8-24-20(23-3)28-11-9-27(10-12-28)17-13-15(21)6-7-16(17)22;/h6-7,13-14H,4-5,8-12H2,1-3H3,(H,23,24);1H. The summed E-state index contributed by atoms with van der Waals surface area (Å²) in [7, 11) is 1.74. The fourth-order valence-electron chi connectivity index (χ4n) is 3.26. The van der Waals surface area contributed by atoms with Crippen LogP contribution in [0.15, 0.2) is 27.7 Å². The maximum Gasteiger partial charge on any atom is 0.226 e. The second-order valence-electron chi connectivity index (χ2n) is 7.35. The van der Waals surface area contributed by atoms with Crippen LogP contribution in [0, 0.1) is 11.6 Å². The van der Waals surface area contributed by atoms with Crippen LogP contribution in [-0.4, -0.2) is 60.8 Å². The SMILES string of the molecule is CN=C(NCCCc1nc(C(C)C)no1)N1CCN(c2cc(F)ccc2F)CC1.I. The van der Waals surface area contributed by atoms with E-state index in [1.807, 2.05) is 18.7 Å². The number of guanidine groups is 1. The first-order valence-electron chi connectivity index (χ1n) is 9.96. The molecular weight excluding hydrogens is 505 g/mol. The van der Waals surface area contributed by atoms with Crippen molar-refractivity contribution in [2.24, 2.45) is 4.99 Å². The van der Waals surface area contributed by atoms with E-state index >= 15 is 0 Å². The van der Waals surface area contributed by atoms with E-state index in [1.54, 1.807) is 7.05 Å². The molecule has 0 radical (unpaired) electrons. The van der Waals surface area contributed by atoms with Crippen molar-refractivity contribution in [3.63, 3.8) is 0 Å². The van der Waals surface area contributed by atoms with Crippen LogP contribution in [0.25, 0.3) is 0 Å². The smallest absolute Gasteiger partial charge is 0.226 e. The Labute approximate surface area is 192 Å². The van der Waals surface area contributed by atoms with Crippen molar-refractivity contribution in [1.29, 1.82) is 0 Å². The summed E-state index contributed by atoms with van der Waals surface area (Å²) >= 11 is 0. The van der Waals surface area contributed by atoms with Gasteiger partial charge in [0.05, 0.1) is 5.69 Å². The highest BCUT2D eigenvalue weighted by molar-refractivity contribution is 14.0. The van der Waals surface area contributed by atoms with E-state index in [-0.39, 0.29) is 29.9 Å². The molecule has 3 rings (SSSR count). The molecule has 10 heteroatoms. The highest BCUT2D eigenvalue weighted by Gasteiger charge is 2.22. The summed E-state index contributed by atoms with van der Waals surface area (Å²) in [5.41, 5.74) is 0.313. The Morgan fingerprint density at radius 2 is 1.97 bits per heavy atom. The van der Waals surface area contributed by atoms with Crippen LogP contribution >= 0.6 is 24.0 Å². The molecule has 2 heterocycles. The summed E-state index contributed by atoms with van der Waals surface area (Å²) in [5.74, 6) is 1.61. The van der Waals surface area contributed by atoms with Crippen molar-refractivity contribution in [2.75, 3.05) is 44.7 Å². The zero-order valence-corrected chi connectivity index (χ0v) is 19.9. The Hall–Kier alpha value is -1.98. The van der Waals surface area contributed by atoms with Gasteiger partial charge in [0, 0.05) is 58.2 Å². The third-order valence-electron chi connectivity index (χ3n) is 4.89. The van der Waals surface area contributed by atoms with E-state index in [0.717, 1.165) is 30.8 Å². The lowest BCUT2D eigenvalue weighted by Gasteiger charge is -2.37. The van der Waals surface area contributed by atoms with E-state index in [4.69, 9.17) is 4.52 Å². The van der Waals surface area contributed by atoms with Gasteiger partial charge in [-0.2, -0.15) is 4.98 Å². The van der Waals surface area contributed by atoms with E-state index in [2.05, 4.69) is 25.3 Å². The van der Waals surface area contributed by atoms with E-state index in [9.17, 15) is 8.78 Å². The molecule has 1 aliphatic rings. The second kappa shape index (κ2) is 11.4. The first kappa shape index (κ1) is 24.3. The zero-order valence-electron chi connectivity index (χ0n) is 17.6. The van der Waals surface area contributed by atoms with E-state index in [1.165, 1.54) is 12.1 Å². The first-order chi connectivity index (χ1) is 14.0. The summed E-state index contributed by atoms with van der Waals surface area (Å²) in [6.07, 6.45) is 1.55. The van der Waals surface area contributed by atoms with Gasteiger partial charge in [0.25, 0.3) is 0 Å². The van der Waals surface area contributed by atoms with Crippen molar-refractivity contribution in [1.82, 2.24) is 20.4 Å². The van der Waals surface area contributed by atoms with Gasteiger partial charge in [-0.15, -0.1) is 24.0 Å². The normalized spacial score (nSPS) is 14.8. The molecule has 1 fully saturated rings. The third kappa shape index (κ3) is 6.26. The molecule has 1 aromatic heterocycles. The number of aryl methyl sites for hydroxylation is 1. The fraction of sp³-hybridized carbons (Fsp3) is 0.550. The van der Waals surface area contributed by atoms with Gasteiger partial charge in [0.2, 0.25) is 5.89 Å². The minimum Gasteiger partial charge on any atom is -0.366 e. The first-order valence-corrected chi connectivity index (χ1v) is 9.96. The molecule has 1 aliphatic heterocycles. The molecular formula is C20H29F2IN6O. The van der Waals surface area contributed by atoms with Crippen LogP contribution in [0.4, 0.5) is 14.5 Å². The number of benzene rings is 1. The lowest BCUT2D eigenvalue weighted by molar-refractivity contribution is 0.363. The van der Waals surface area contributed by atoms with Crippen LogP contribution in [0.3, 0.4) is 0 Å². The number of nitrogens with zero attached hydrogens (tertiary/aromatic N) is 5. The Morgan fingerprint density at radius 1 is 1.23 bits per heavy atom. The molecule has 0 unspecified atom stereocenters. The summed E-state index contributed by atoms with van der Waals surface area (Å²) in [6.45, 7) is 7.34. The Kier molecular flexibility index (Phi) is 9.25. The molecule has 2 aromatic rings. The fourth-order valence-corrected chi connectivity index (χ4v) is 3.26. The molecule has 7 nitrogen and oxygen atoms in total. The third-order valence-corrected chi connectivity index (χ3v) is 4.89. The van der Waals surface area contributed by atoms with Gasteiger partial charge in [0.1, 0.15) is 11.6 Å². The summed E-state index contributed by atoms with van der Waals surface area (Å²) in [4.78, 5) is 12.7.